The number of halogens is 1. The minimum absolute atomic E-state index is 0.182. The van der Waals surface area contributed by atoms with E-state index in [0.717, 1.165) is 36.8 Å². The van der Waals surface area contributed by atoms with Gasteiger partial charge in [-0.05, 0) is 18.4 Å². The van der Waals surface area contributed by atoms with Crippen molar-refractivity contribution in [2.45, 2.75) is 38.7 Å². The topological polar surface area (TPSA) is 26.3 Å². The fourth-order valence-corrected chi connectivity index (χ4v) is 2.48. The summed E-state index contributed by atoms with van der Waals surface area (Å²) >= 11 is 6.08. The second-order valence-electron chi connectivity index (χ2n) is 4.48. The van der Waals surface area contributed by atoms with Crippen molar-refractivity contribution in [1.82, 2.24) is 0 Å². The number of unbranched alkanes of at least 4 members (excludes halogenated alkanes) is 2. The molecule has 3 heteroatoms. The molecule has 0 aliphatic carbocycles. The lowest BCUT2D eigenvalue weighted by Crippen LogP contribution is -2.11. The molecule has 0 amide bonds. The highest BCUT2D eigenvalue weighted by atomic mass is 35.5. The van der Waals surface area contributed by atoms with E-state index in [1.807, 2.05) is 30.3 Å². The number of cyclic esters (lactones) is 1. The Labute approximate surface area is 113 Å². The van der Waals surface area contributed by atoms with Gasteiger partial charge in [0, 0.05) is 5.57 Å². The number of hydrogen-bond donors (Lipinski definition) is 0. The van der Waals surface area contributed by atoms with Crippen molar-refractivity contribution >= 4 is 23.1 Å². The molecule has 2 nitrogen and oxygen atoms in total. The van der Waals surface area contributed by atoms with Crippen LogP contribution in [0.5, 0.6) is 0 Å². The summed E-state index contributed by atoms with van der Waals surface area (Å²) in [5, 5.41) is 0.239. The molecule has 0 spiro atoms. The van der Waals surface area contributed by atoms with Crippen LogP contribution in [0.25, 0.3) is 5.57 Å². The van der Waals surface area contributed by atoms with Crippen molar-refractivity contribution < 1.29 is 9.53 Å². The van der Waals surface area contributed by atoms with Crippen molar-refractivity contribution in [1.29, 1.82) is 0 Å². The lowest BCUT2D eigenvalue weighted by molar-refractivity contribution is -0.139. The van der Waals surface area contributed by atoms with Gasteiger partial charge < -0.3 is 4.74 Å². The average molecular weight is 265 g/mol. The molecular weight excluding hydrogens is 248 g/mol. The minimum Gasteiger partial charge on any atom is -0.453 e. The van der Waals surface area contributed by atoms with Gasteiger partial charge in [0.25, 0.3) is 0 Å². The first kappa shape index (κ1) is 13.2. The predicted octanol–water partition coefficient (Wildman–Crippen LogP) is 4.14. The third kappa shape index (κ3) is 2.75. The van der Waals surface area contributed by atoms with Crippen molar-refractivity contribution in [2.24, 2.45) is 0 Å². The van der Waals surface area contributed by atoms with E-state index >= 15 is 0 Å². The van der Waals surface area contributed by atoms with Gasteiger partial charge >= 0.3 is 5.97 Å². The lowest BCUT2D eigenvalue weighted by atomic mass is 9.97. The summed E-state index contributed by atoms with van der Waals surface area (Å²) in [4.78, 5) is 11.6. The molecule has 1 aromatic carbocycles. The Morgan fingerprint density at radius 1 is 1.22 bits per heavy atom. The number of carbonyl (C=O) groups excluding carboxylic acids is 1. The van der Waals surface area contributed by atoms with E-state index in [-0.39, 0.29) is 11.1 Å². The summed E-state index contributed by atoms with van der Waals surface area (Å²) in [6.07, 6.45) is 4.01. The molecule has 1 aliphatic rings. The van der Waals surface area contributed by atoms with Crippen molar-refractivity contribution in [3.05, 3.63) is 40.9 Å². The second-order valence-corrected chi connectivity index (χ2v) is 4.86. The number of hydrogen-bond acceptors (Lipinski definition) is 2. The van der Waals surface area contributed by atoms with Crippen LogP contribution in [0.1, 0.15) is 38.2 Å². The molecule has 2 rings (SSSR count). The van der Waals surface area contributed by atoms with Gasteiger partial charge in [0.2, 0.25) is 0 Å². The highest BCUT2D eigenvalue weighted by Gasteiger charge is 2.33. The Kier molecular flexibility index (Phi) is 4.43. The first-order chi connectivity index (χ1) is 8.74. The number of rotatable bonds is 5. The number of ether oxygens (including phenoxy) is 1. The van der Waals surface area contributed by atoms with Crippen LogP contribution in [0, 0.1) is 0 Å². The Morgan fingerprint density at radius 2 is 1.94 bits per heavy atom. The summed E-state index contributed by atoms with van der Waals surface area (Å²) in [7, 11) is 0. The molecule has 0 bridgehead atoms. The summed E-state index contributed by atoms with van der Waals surface area (Å²) in [5.41, 5.74) is 1.83. The van der Waals surface area contributed by atoms with Gasteiger partial charge in [-0.3, -0.25) is 0 Å². The van der Waals surface area contributed by atoms with Crippen LogP contribution in [-0.4, -0.2) is 12.1 Å². The van der Waals surface area contributed by atoms with Crippen LogP contribution in [0.3, 0.4) is 0 Å². The minimum atomic E-state index is -0.392. The third-order valence-electron chi connectivity index (χ3n) is 3.14. The molecule has 1 aromatic rings. The molecular formula is C15H17ClO2. The van der Waals surface area contributed by atoms with Crippen LogP contribution in [-0.2, 0) is 9.53 Å². The Balaban J connectivity index is 2.20. The van der Waals surface area contributed by atoms with Crippen LogP contribution in [0.15, 0.2) is 35.4 Å². The first-order valence-corrected chi connectivity index (χ1v) is 6.78. The third-order valence-corrected chi connectivity index (χ3v) is 3.50. The van der Waals surface area contributed by atoms with Crippen molar-refractivity contribution in [3.8, 4) is 0 Å². The van der Waals surface area contributed by atoms with Crippen LogP contribution < -0.4 is 0 Å². The normalized spacial score (nSPS) is 19.2. The van der Waals surface area contributed by atoms with E-state index in [2.05, 4.69) is 6.92 Å². The molecule has 0 aromatic heterocycles. The molecule has 0 N–H and O–H groups in total. The summed E-state index contributed by atoms with van der Waals surface area (Å²) in [6.45, 7) is 2.15. The highest BCUT2D eigenvalue weighted by molar-refractivity contribution is 6.45. The first-order valence-electron chi connectivity index (χ1n) is 6.40. The molecule has 1 atom stereocenters. The van der Waals surface area contributed by atoms with Gasteiger partial charge in [-0.1, -0.05) is 61.7 Å². The zero-order valence-corrected chi connectivity index (χ0v) is 11.2. The maximum Gasteiger partial charge on any atom is 0.350 e. The highest BCUT2D eigenvalue weighted by Crippen LogP contribution is 2.35. The van der Waals surface area contributed by atoms with E-state index in [1.165, 1.54) is 0 Å². The molecule has 0 saturated heterocycles. The van der Waals surface area contributed by atoms with E-state index in [4.69, 9.17) is 16.3 Å². The largest absolute Gasteiger partial charge is 0.453 e. The monoisotopic (exact) mass is 264 g/mol. The van der Waals surface area contributed by atoms with Gasteiger partial charge in [-0.15, -0.1) is 0 Å². The number of esters is 1. The molecule has 18 heavy (non-hydrogen) atoms. The molecule has 0 fully saturated rings. The number of benzene rings is 1. The average Bonchev–Trinajstić information content (AvgIpc) is 2.67. The van der Waals surface area contributed by atoms with E-state index in [9.17, 15) is 4.79 Å². The van der Waals surface area contributed by atoms with Gasteiger partial charge in [0.15, 0.2) is 0 Å². The molecule has 0 radical (unpaired) electrons. The van der Waals surface area contributed by atoms with Crippen LogP contribution >= 0.6 is 11.6 Å². The van der Waals surface area contributed by atoms with Gasteiger partial charge in [0.05, 0.1) is 0 Å². The van der Waals surface area contributed by atoms with E-state index in [1.54, 1.807) is 0 Å². The maximum atomic E-state index is 11.6. The Hall–Kier alpha value is -1.28. The van der Waals surface area contributed by atoms with Crippen LogP contribution in [0.2, 0.25) is 0 Å². The molecule has 96 valence electrons. The SMILES string of the molecule is CCCCC[C@@H]1OC(=O)C(Cl)=C1c1ccccc1. The number of carbonyl (C=O) groups is 1. The summed E-state index contributed by atoms with van der Waals surface area (Å²) in [6, 6.07) is 9.76. The smallest absolute Gasteiger partial charge is 0.350 e. The standard InChI is InChI=1S/C15H17ClO2/c1-2-3-5-10-12-13(14(16)15(17)18-12)11-8-6-4-7-9-11/h4,6-9,12H,2-3,5,10H2,1H3/t12-/m0/s1. The quantitative estimate of drug-likeness (QED) is 0.590. The lowest BCUT2D eigenvalue weighted by Gasteiger charge is -2.13. The Bertz CT molecular complexity index is 451. The fourth-order valence-electron chi connectivity index (χ4n) is 2.20. The maximum absolute atomic E-state index is 11.6. The van der Waals surface area contributed by atoms with Crippen molar-refractivity contribution in [2.75, 3.05) is 0 Å². The van der Waals surface area contributed by atoms with Crippen molar-refractivity contribution in [3.63, 3.8) is 0 Å². The molecule has 1 heterocycles. The fraction of sp³-hybridized carbons (Fsp3) is 0.400. The van der Waals surface area contributed by atoms with Gasteiger partial charge in [-0.25, -0.2) is 4.79 Å². The van der Waals surface area contributed by atoms with Gasteiger partial charge in [-0.2, -0.15) is 0 Å². The van der Waals surface area contributed by atoms with Gasteiger partial charge in [0.1, 0.15) is 11.1 Å². The van der Waals surface area contributed by atoms with E-state index in [0.29, 0.717) is 0 Å². The molecule has 0 saturated carbocycles. The summed E-state index contributed by atoms with van der Waals surface area (Å²) < 4.78 is 5.34. The predicted molar refractivity (Wildman–Crippen MR) is 73.2 cm³/mol. The zero-order valence-electron chi connectivity index (χ0n) is 10.5. The Morgan fingerprint density at radius 3 is 2.61 bits per heavy atom. The van der Waals surface area contributed by atoms with Crippen LogP contribution in [0.4, 0.5) is 0 Å². The molecule has 1 aliphatic heterocycles. The van der Waals surface area contributed by atoms with E-state index < -0.39 is 5.97 Å². The second kappa shape index (κ2) is 6.05. The zero-order chi connectivity index (χ0) is 13.0. The molecule has 0 unspecified atom stereocenters. The summed E-state index contributed by atoms with van der Waals surface area (Å²) in [5.74, 6) is -0.392.